The van der Waals surface area contributed by atoms with Crippen LogP contribution in [0.3, 0.4) is 0 Å². The molecule has 0 amide bonds. The van der Waals surface area contributed by atoms with Crippen LogP contribution in [0.5, 0.6) is 0 Å². The summed E-state index contributed by atoms with van der Waals surface area (Å²) in [4.78, 5) is 0. The first-order valence-electron chi connectivity index (χ1n) is 6.58. The van der Waals surface area contributed by atoms with Gasteiger partial charge in [0.15, 0.2) is 5.11 Å². The van der Waals surface area contributed by atoms with Crippen LogP contribution in [0, 0.1) is 11.6 Å². The number of hydrogen-bond donors (Lipinski definition) is 2. The molecule has 0 fully saturated rings. The highest BCUT2D eigenvalue weighted by molar-refractivity contribution is 7.80. The monoisotopic (exact) mass is 306 g/mol. The molecule has 0 saturated heterocycles. The van der Waals surface area contributed by atoms with Crippen molar-refractivity contribution in [2.75, 3.05) is 10.6 Å². The summed E-state index contributed by atoms with van der Waals surface area (Å²) in [6.45, 7) is 4.23. The first kappa shape index (κ1) is 15.4. The molecule has 0 aromatic heterocycles. The molecule has 2 aromatic carbocycles. The summed E-state index contributed by atoms with van der Waals surface area (Å²) in [5.41, 5.74) is 2.16. The Labute approximate surface area is 128 Å². The average molecular weight is 306 g/mol. The van der Waals surface area contributed by atoms with Gasteiger partial charge in [0.25, 0.3) is 0 Å². The second-order valence-electron chi connectivity index (χ2n) is 4.98. The summed E-state index contributed by atoms with van der Waals surface area (Å²) in [6, 6.07) is 11.1. The molecule has 2 nitrogen and oxygen atoms in total. The van der Waals surface area contributed by atoms with Gasteiger partial charge in [-0.15, -0.1) is 0 Å². The molecule has 110 valence electrons. The molecule has 0 radical (unpaired) electrons. The van der Waals surface area contributed by atoms with Crippen molar-refractivity contribution in [2.45, 2.75) is 19.8 Å². The number of rotatable bonds is 3. The third kappa shape index (κ3) is 4.23. The number of halogens is 2. The molecule has 0 aliphatic heterocycles. The molecule has 5 heteroatoms. The van der Waals surface area contributed by atoms with E-state index >= 15 is 0 Å². The van der Waals surface area contributed by atoms with Crippen LogP contribution in [0.25, 0.3) is 0 Å². The van der Waals surface area contributed by atoms with E-state index in [9.17, 15) is 8.78 Å². The zero-order valence-electron chi connectivity index (χ0n) is 11.8. The quantitative estimate of drug-likeness (QED) is 0.789. The van der Waals surface area contributed by atoms with Crippen molar-refractivity contribution in [3.05, 3.63) is 59.7 Å². The normalized spacial score (nSPS) is 10.5. The highest BCUT2D eigenvalue weighted by Crippen LogP contribution is 2.18. The molecule has 21 heavy (non-hydrogen) atoms. The molecule has 0 heterocycles. The Balaban J connectivity index is 2.01. The van der Waals surface area contributed by atoms with E-state index in [1.807, 2.05) is 24.3 Å². The van der Waals surface area contributed by atoms with E-state index < -0.39 is 11.6 Å². The highest BCUT2D eigenvalue weighted by atomic mass is 32.1. The summed E-state index contributed by atoms with van der Waals surface area (Å²) in [6.07, 6.45) is 0. The van der Waals surface area contributed by atoms with Crippen LogP contribution >= 0.6 is 12.2 Å². The Kier molecular flexibility index (Phi) is 4.85. The van der Waals surface area contributed by atoms with Crippen molar-refractivity contribution in [3.8, 4) is 0 Å². The summed E-state index contributed by atoms with van der Waals surface area (Å²) in [5, 5.41) is 5.91. The summed E-state index contributed by atoms with van der Waals surface area (Å²) < 4.78 is 26.3. The molecule has 0 saturated carbocycles. The van der Waals surface area contributed by atoms with E-state index in [0.29, 0.717) is 5.92 Å². The van der Waals surface area contributed by atoms with Gasteiger partial charge in [-0.05, 0) is 48.0 Å². The smallest absolute Gasteiger partial charge is 0.175 e. The fraction of sp³-hybridized carbons (Fsp3) is 0.188. The van der Waals surface area contributed by atoms with E-state index in [-0.39, 0.29) is 10.8 Å². The maximum absolute atomic E-state index is 13.5. The molecule has 0 bridgehead atoms. The lowest BCUT2D eigenvalue weighted by atomic mass is 10.0. The molecular formula is C16H16F2N2S. The maximum Gasteiger partial charge on any atom is 0.175 e. The Morgan fingerprint density at radius 3 is 2.24 bits per heavy atom. The standard InChI is InChI=1S/C16H16F2N2S/c1-10(2)11-3-6-13(7-4-11)19-16(21)20-15-8-5-12(17)9-14(15)18/h3-10H,1-2H3,(H2,19,20,21). The molecule has 0 aliphatic carbocycles. The van der Waals surface area contributed by atoms with Crippen molar-refractivity contribution in [1.82, 2.24) is 0 Å². The molecule has 0 unspecified atom stereocenters. The Bertz CT molecular complexity index is 639. The maximum atomic E-state index is 13.5. The van der Waals surface area contributed by atoms with Crippen LogP contribution in [0.4, 0.5) is 20.2 Å². The van der Waals surface area contributed by atoms with Gasteiger partial charge in [0.05, 0.1) is 5.69 Å². The lowest BCUT2D eigenvalue weighted by molar-refractivity contribution is 0.586. The molecule has 2 N–H and O–H groups in total. The van der Waals surface area contributed by atoms with Gasteiger partial charge in [-0.3, -0.25) is 0 Å². The molecule has 0 spiro atoms. The first-order valence-corrected chi connectivity index (χ1v) is 6.99. The second-order valence-corrected chi connectivity index (χ2v) is 5.39. The SMILES string of the molecule is CC(C)c1ccc(NC(=S)Nc2ccc(F)cc2F)cc1. The van der Waals surface area contributed by atoms with Crippen molar-refractivity contribution in [2.24, 2.45) is 0 Å². The third-order valence-electron chi connectivity index (χ3n) is 3.01. The number of nitrogens with one attached hydrogen (secondary N) is 2. The van der Waals surface area contributed by atoms with E-state index in [2.05, 4.69) is 24.5 Å². The zero-order chi connectivity index (χ0) is 15.4. The van der Waals surface area contributed by atoms with Gasteiger partial charge in [0.1, 0.15) is 11.6 Å². The van der Waals surface area contributed by atoms with Crippen molar-refractivity contribution in [3.63, 3.8) is 0 Å². The highest BCUT2D eigenvalue weighted by Gasteiger charge is 2.06. The second kappa shape index (κ2) is 6.63. The largest absolute Gasteiger partial charge is 0.332 e. The van der Waals surface area contributed by atoms with Gasteiger partial charge in [-0.25, -0.2) is 8.78 Å². The topological polar surface area (TPSA) is 24.1 Å². The van der Waals surface area contributed by atoms with Crippen molar-refractivity contribution in [1.29, 1.82) is 0 Å². The lowest BCUT2D eigenvalue weighted by Crippen LogP contribution is -2.19. The van der Waals surface area contributed by atoms with E-state index in [4.69, 9.17) is 12.2 Å². The van der Waals surface area contributed by atoms with Crippen LogP contribution in [0.15, 0.2) is 42.5 Å². The minimum Gasteiger partial charge on any atom is -0.332 e. The zero-order valence-corrected chi connectivity index (χ0v) is 12.6. The number of hydrogen-bond acceptors (Lipinski definition) is 1. The fourth-order valence-electron chi connectivity index (χ4n) is 1.83. The van der Waals surface area contributed by atoms with Gasteiger partial charge < -0.3 is 10.6 Å². The Morgan fingerprint density at radius 1 is 1.00 bits per heavy atom. The lowest BCUT2D eigenvalue weighted by Gasteiger charge is -2.12. The predicted octanol–water partition coefficient (Wildman–Crippen LogP) is 4.90. The van der Waals surface area contributed by atoms with E-state index in [1.165, 1.54) is 17.7 Å². The third-order valence-corrected chi connectivity index (χ3v) is 3.22. The van der Waals surface area contributed by atoms with Crippen LogP contribution in [0.1, 0.15) is 25.3 Å². The minimum atomic E-state index is -0.686. The Hall–Kier alpha value is -2.01. The Morgan fingerprint density at radius 2 is 1.67 bits per heavy atom. The minimum absolute atomic E-state index is 0.132. The van der Waals surface area contributed by atoms with Gasteiger partial charge in [0.2, 0.25) is 0 Å². The van der Waals surface area contributed by atoms with Crippen LogP contribution < -0.4 is 10.6 Å². The molecule has 2 rings (SSSR count). The van der Waals surface area contributed by atoms with Gasteiger partial charge >= 0.3 is 0 Å². The average Bonchev–Trinajstić information content (AvgIpc) is 2.42. The van der Waals surface area contributed by atoms with Crippen LogP contribution in [-0.4, -0.2) is 5.11 Å². The van der Waals surface area contributed by atoms with Gasteiger partial charge in [-0.1, -0.05) is 26.0 Å². The van der Waals surface area contributed by atoms with Crippen molar-refractivity contribution >= 4 is 28.7 Å². The van der Waals surface area contributed by atoms with Gasteiger partial charge in [-0.2, -0.15) is 0 Å². The van der Waals surface area contributed by atoms with Crippen LogP contribution in [-0.2, 0) is 0 Å². The molecular weight excluding hydrogens is 290 g/mol. The molecule has 0 atom stereocenters. The van der Waals surface area contributed by atoms with E-state index in [1.54, 1.807) is 0 Å². The van der Waals surface area contributed by atoms with Crippen molar-refractivity contribution < 1.29 is 8.78 Å². The van der Waals surface area contributed by atoms with Gasteiger partial charge in [0, 0.05) is 11.8 Å². The number of thiocarbonyl (C=S) groups is 1. The van der Waals surface area contributed by atoms with E-state index in [0.717, 1.165) is 11.8 Å². The molecule has 2 aromatic rings. The summed E-state index contributed by atoms with van der Waals surface area (Å²) in [5.74, 6) is -0.854. The number of benzene rings is 2. The van der Waals surface area contributed by atoms with Crippen LogP contribution in [0.2, 0.25) is 0 Å². The molecule has 0 aliphatic rings. The fourth-order valence-corrected chi connectivity index (χ4v) is 2.05. The summed E-state index contributed by atoms with van der Waals surface area (Å²) >= 11 is 5.11. The first-order chi connectivity index (χ1) is 9.95. The predicted molar refractivity (Wildman–Crippen MR) is 86.7 cm³/mol. The summed E-state index contributed by atoms with van der Waals surface area (Å²) in [7, 11) is 0. The number of anilines is 2.